The Kier molecular flexibility index (Phi) is 7.73. The number of aryl methyl sites for hydroxylation is 1. The summed E-state index contributed by atoms with van der Waals surface area (Å²) in [7, 11) is 1.51. The van der Waals surface area contributed by atoms with E-state index >= 15 is 0 Å². The molecular formula is C18H16Br2ClN5O2. The van der Waals surface area contributed by atoms with E-state index in [1.807, 2.05) is 0 Å². The quantitative estimate of drug-likeness (QED) is 0.327. The van der Waals surface area contributed by atoms with E-state index in [1.54, 1.807) is 31.2 Å². The van der Waals surface area contributed by atoms with Crippen molar-refractivity contribution < 1.29 is 9.59 Å². The molecule has 0 unspecified atom stereocenters. The predicted molar refractivity (Wildman–Crippen MR) is 119 cm³/mol. The lowest BCUT2D eigenvalue weighted by atomic mass is 10.1. The van der Waals surface area contributed by atoms with Crippen LogP contribution in [0.2, 0.25) is 5.02 Å². The van der Waals surface area contributed by atoms with Crippen molar-refractivity contribution >= 4 is 71.4 Å². The summed E-state index contributed by atoms with van der Waals surface area (Å²) in [6, 6.07) is 6.67. The van der Waals surface area contributed by atoms with E-state index in [9.17, 15) is 9.59 Å². The Hall–Kier alpha value is -2.23. The molecule has 0 aliphatic rings. The van der Waals surface area contributed by atoms with Gasteiger partial charge in [0.25, 0.3) is 11.8 Å². The average molecular weight is 530 g/mol. The lowest BCUT2D eigenvalue weighted by Crippen LogP contribution is -2.25. The second-order valence-electron chi connectivity index (χ2n) is 5.54. The van der Waals surface area contributed by atoms with Gasteiger partial charge in [0.05, 0.1) is 20.9 Å². The van der Waals surface area contributed by atoms with Gasteiger partial charge in [-0.25, -0.2) is 4.98 Å². The van der Waals surface area contributed by atoms with Crippen LogP contribution in [-0.2, 0) is 4.79 Å². The molecule has 0 fully saturated rings. The minimum absolute atomic E-state index is 0.0210. The Morgan fingerprint density at radius 3 is 2.61 bits per heavy atom. The maximum absolute atomic E-state index is 12.9. The number of halogens is 3. The lowest BCUT2D eigenvalue weighted by molar-refractivity contribution is -0.112. The van der Waals surface area contributed by atoms with Crippen LogP contribution < -0.4 is 16.0 Å². The summed E-state index contributed by atoms with van der Waals surface area (Å²) in [5.74, 6) is -0.654. The van der Waals surface area contributed by atoms with Gasteiger partial charge >= 0.3 is 0 Å². The molecule has 1 aromatic carbocycles. The van der Waals surface area contributed by atoms with Crippen molar-refractivity contribution in [1.29, 1.82) is 5.41 Å². The summed E-state index contributed by atoms with van der Waals surface area (Å²) in [5, 5.41) is 16.0. The maximum Gasteiger partial charge on any atom is 0.272 e. The van der Waals surface area contributed by atoms with Gasteiger partial charge in [0.2, 0.25) is 0 Å². The van der Waals surface area contributed by atoms with Crippen molar-refractivity contribution in [1.82, 2.24) is 10.3 Å². The normalized spacial score (nSPS) is 11.0. The molecule has 0 aliphatic heterocycles. The van der Waals surface area contributed by atoms with E-state index in [2.05, 4.69) is 52.8 Å². The minimum atomic E-state index is -0.568. The number of nitrogens with one attached hydrogen (secondary N) is 4. The van der Waals surface area contributed by atoms with E-state index in [-0.39, 0.29) is 22.0 Å². The summed E-state index contributed by atoms with van der Waals surface area (Å²) < 4.78 is 0.675. The van der Waals surface area contributed by atoms with Crippen LogP contribution in [0.25, 0.3) is 0 Å². The highest BCUT2D eigenvalue weighted by Gasteiger charge is 2.19. The van der Waals surface area contributed by atoms with Gasteiger partial charge in [-0.2, -0.15) is 0 Å². The molecule has 2 amide bonds. The fourth-order valence-electron chi connectivity index (χ4n) is 2.29. The van der Waals surface area contributed by atoms with Crippen LogP contribution in [0.1, 0.15) is 15.9 Å². The molecule has 0 aliphatic carbocycles. The number of amides is 2. The number of carbonyl (C=O) groups excluding carboxylic acids is 2. The van der Waals surface area contributed by atoms with Gasteiger partial charge in [-0.3, -0.25) is 15.0 Å². The fourth-order valence-corrected chi connectivity index (χ4v) is 3.26. The van der Waals surface area contributed by atoms with Crippen molar-refractivity contribution in [3.05, 3.63) is 62.9 Å². The molecule has 7 nitrogen and oxygen atoms in total. The summed E-state index contributed by atoms with van der Waals surface area (Å²) >= 11 is 12.4. The second-order valence-corrected chi connectivity index (χ2v) is 7.72. The number of hydrogen-bond acceptors (Lipinski definition) is 5. The highest BCUT2D eigenvalue weighted by atomic mass is 79.9. The second kappa shape index (κ2) is 9.81. The standard InChI is InChI=1S/C18H16Br2ClN5O2/c1-9-6-10(19)7-11(17(27)23-2)15(9)26-18(28)13(8-14(20)22)25-16-12(21)4-3-5-24-16/h3-8,22H,1-2H3,(H,23,27)(H,24,25)(H,26,28)/b13-8-,22-14?. The third-order valence-electron chi connectivity index (χ3n) is 3.54. The molecule has 2 aromatic rings. The summed E-state index contributed by atoms with van der Waals surface area (Å²) in [6.07, 6.45) is 2.79. The molecule has 0 bridgehead atoms. The number of nitrogens with zero attached hydrogens (tertiary/aromatic N) is 1. The Bertz CT molecular complexity index is 978. The smallest absolute Gasteiger partial charge is 0.272 e. The number of allylic oxidation sites excluding steroid dienone is 1. The molecule has 146 valence electrons. The number of carbonyl (C=O) groups is 2. The molecule has 10 heteroatoms. The van der Waals surface area contributed by atoms with Crippen LogP contribution in [0, 0.1) is 12.3 Å². The summed E-state index contributed by atoms with van der Waals surface area (Å²) in [5.41, 5.74) is 1.36. The zero-order valence-electron chi connectivity index (χ0n) is 14.9. The largest absolute Gasteiger partial charge is 0.355 e. The Morgan fingerprint density at radius 1 is 1.29 bits per heavy atom. The van der Waals surface area contributed by atoms with Crippen LogP contribution >= 0.6 is 43.5 Å². The minimum Gasteiger partial charge on any atom is -0.355 e. The molecule has 0 saturated carbocycles. The van der Waals surface area contributed by atoms with Gasteiger partial charge in [0.1, 0.15) is 11.5 Å². The fraction of sp³-hybridized carbons (Fsp3) is 0.111. The first-order valence-electron chi connectivity index (χ1n) is 7.89. The highest BCUT2D eigenvalue weighted by molar-refractivity contribution is 9.18. The maximum atomic E-state index is 12.9. The van der Waals surface area contributed by atoms with E-state index in [0.29, 0.717) is 26.3 Å². The predicted octanol–water partition coefficient (Wildman–Crippen LogP) is 4.47. The highest BCUT2D eigenvalue weighted by Crippen LogP contribution is 2.27. The molecule has 0 saturated heterocycles. The van der Waals surface area contributed by atoms with E-state index in [0.717, 1.165) is 0 Å². The SMILES string of the molecule is CNC(=O)c1cc(Br)cc(C)c1NC(=O)/C(=C/C(=N)Br)Nc1ncccc1Cl. The van der Waals surface area contributed by atoms with Crippen LogP contribution in [-0.4, -0.2) is 28.5 Å². The van der Waals surface area contributed by atoms with Crippen molar-refractivity contribution in [3.8, 4) is 0 Å². The molecule has 0 radical (unpaired) electrons. The van der Waals surface area contributed by atoms with Crippen molar-refractivity contribution in [3.63, 3.8) is 0 Å². The molecule has 0 atom stereocenters. The van der Waals surface area contributed by atoms with Gasteiger partial charge < -0.3 is 16.0 Å². The van der Waals surface area contributed by atoms with Gasteiger partial charge in [0.15, 0.2) is 0 Å². The Labute approximate surface area is 183 Å². The molecule has 1 heterocycles. The topological polar surface area (TPSA) is 107 Å². The van der Waals surface area contributed by atoms with Gasteiger partial charge in [-0.1, -0.05) is 27.5 Å². The Morgan fingerprint density at radius 2 is 2.00 bits per heavy atom. The van der Waals surface area contributed by atoms with E-state index < -0.39 is 5.91 Å². The number of rotatable bonds is 6. The first kappa shape index (κ1) is 22.1. The lowest BCUT2D eigenvalue weighted by Gasteiger charge is -2.16. The molecule has 2 rings (SSSR count). The third-order valence-corrected chi connectivity index (χ3v) is 4.53. The summed E-state index contributed by atoms with van der Waals surface area (Å²) in [6.45, 7) is 1.77. The van der Waals surface area contributed by atoms with Crippen molar-refractivity contribution in [2.75, 3.05) is 17.7 Å². The number of benzene rings is 1. The summed E-state index contributed by atoms with van der Waals surface area (Å²) in [4.78, 5) is 29.2. The first-order chi connectivity index (χ1) is 13.2. The van der Waals surface area contributed by atoms with Gasteiger partial charge in [-0.15, -0.1) is 0 Å². The van der Waals surface area contributed by atoms with Gasteiger partial charge in [-0.05, 0) is 58.8 Å². The zero-order valence-corrected chi connectivity index (χ0v) is 18.8. The average Bonchev–Trinajstić information content (AvgIpc) is 2.63. The zero-order chi connectivity index (χ0) is 20.8. The Balaban J connectivity index is 2.41. The molecule has 1 aromatic heterocycles. The number of hydrogen-bond donors (Lipinski definition) is 4. The number of pyridine rings is 1. The van der Waals surface area contributed by atoms with Gasteiger partial charge in [0, 0.05) is 17.7 Å². The molecule has 28 heavy (non-hydrogen) atoms. The van der Waals surface area contributed by atoms with Crippen LogP contribution in [0.5, 0.6) is 0 Å². The van der Waals surface area contributed by atoms with E-state index in [4.69, 9.17) is 17.0 Å². The first-order valence-corrected chi connectivity index (χ1v) is 9.86. The number of anilines is 2. The third kappa shape index (κ3) is 5.63. The molecular weight excluding hydrogens is 513 g/mol. The molecule has 4 N–H and O–H groups in total. The van der Waals surface area contributed by atoms with Crippen molar-refractivity contribution in [2.24, 2.45) is 0 Å². The van der Waals surface area contributed by atoms with E-state index in [1.165, 1.54) is 19.3 Å². The number of aromatic nitrogens is 1. The van der Waals surface area contributed by atoms with Crippen molar-refractivity contribution in [2.45, 2.75) is 6.92 Å². The van der Waals surface area contributed by atoms with Crippen LogP contribution in [0.3, 0.4) is 0 Å². The molecule has 0 spiro atoms. The van der Waals surface area contributed by atoms with Crippen LogP contribution in [0.4, 0.5) is 11.5 Å². The monoisotopic (exact) mass is 527 g/mol. The van der Waals surface area contributed by atoms with Crippen LogP contribution in [0.15, 0.2) is 46.7 Å².